The van der Waals surface area contributed by atoms with Crippen molar-refractivity contribution in [3.63, 3.8) is 0 Å². The highest BCUT2D eigenvalue weighted by Gasteiger charge is 2.44. The molecule has 1 atom stereocenters. The molecule has 0 bridgehead atoms. The van der Waals surface area contributed by atoms with E-state index in [9.17, 15) is 4.79 Å². The lowest BCUT2D eigenvalue weighted by Crippen LogP contribution is -2.55. The number of benzene rings is 1. The van der Waals surface area contributed by atoms with E-state index in [-0.39, 0.29) is 12.1 Å². The van der Waals surface area contributed by atoms with Crippen molar-refractivity contribution < 1.29 is 9.53 Å². The SMILES string of the molecule is CN(C)C1CC(N2C(=O)OCC2Cc2ccc3[nH]ccc3c2)C1. The quantitative estimate of drug-likeness (QED) is 0.944. The predicted molar refractivity (Wildman–Crippen MR) is 89.5 cm³/mol. The Morgan fingerprint density at radius 3 is 2.91 bits per heavy atom. The van der Waals surface area contributed by atoms with Gasteiger partial charge in [0.15, 0.2) is 0 Å². The van der Waals surface area contributed by atoms with Crippen LogP contribution in [0.3, 0.4) is 0 Å². The molecule has 1 unspecified atom stereocenters. The minimum Gasteiger partial charge on any atom is -0.447 e. The normalized spacial score (nSPS) is 27.5. The molecule has 1 aliphatic carbocycles. The van der Waals surface area contributed by atoms with Gasteiger partial charge >= 0.3 is 6.09 Å². The van der Waals surface area contributed by atoms with E-state index in [2.05, 4.69) is 48.2 Å². The molecule has 5 nitrogen and oxygen atoms in total. The summed E-state index contributed by atoms with van der Waals surface area (Å²) in [5.41, 5.74) is 2.41. The Labute approximate surface area is 136 Å². The first-order valence-electron chi connectivity index (χ1n) is 8.29. The monoisotopic (exact) mass is 313 g/mol. The van der Waals surface area contributed by atoms with E-state index in [1.807, 2.05) is 11.1 Å². The van der Waals surface area contributed by atoms with Gasteiger partial charge in [-0.15, -0.1) is 0 Å². The van der Waals surface area contributed by atoms with Crippen molar-refractivity contribution in [2.75, 3.05) is 20.7 Å². The molecule has 1 saturated carbocycles. The summed E-state index contributed by atoms with van der Waals surface area (Å²) in [4.78, 5) is 19.6. The summed E-state index contributed by atoms with van der Waals surface area (Å²) in [5, 5.41) is 1.22. The first kappa shape index (κ1) is 14.6. The molecule has 5 heteroatoms. The average molecular weight is 313 g/mol. The zero-order valence-electron chi connectivity index (χ0n) is 13.7. The molecule has 1 saturated heterocycles. The molecule has 2 fully saturated rings. The van der Waals surface area contributed by atoms with Crippen LogP contribution in [0.1, 0.15) is 18.4 Å². The summed E-state index contributed by atoms with van der Waals surface area (Å²) in [7, 11) is 4.21. The number of hydrogen-bond acceptors (Lipinski definition) is 3. The third kappa shape index (κ3) is 2.59. The Bertz CT molecular complexity index is 718. The number of rotatable bonds is 4. The smallest absolute Gasteiger partial charge is 0.410 e. The van der Waals surface area contributed by atoms with E-state index in [4.69, 9.17) is 4.74 Å². The number of nitrogens with zero attached hydrogens (tertiary/aromatic N) is 2. The highest BCUT2D eigenvalue weighted by atomic mass is 16.6. The second-order valence-electron chi connectivity index (χ2n) is 6.98. The number of nitrogens with one attached hydrogen (secondary N) is 1. The molecule has 0 spiro atoms. The zero-order valence-corrected chi connectivity index (χ0v) is 13.7. The minimum absolute atomic E-state index is 0.139. The van der Waals surface area contributed by atoms with Gasteiger partial charge in [-0.1, -0.05) is 6.07 Å². The van der Waals surface area contributed by atoms with Crippen molar-refractivity contribution in [3.05, 3.63) is 36.0 Å². The van der Waals surface area contributed by atoms with Crippen LogP contribution in [0.5, 0.6) is 0 Å². The second kappa shape index (κ2) is 5.57. The topological polar surface area (TPSA) is 48.6 Å². The lowest BCUT2D eigenvalue weighted by molar-refractivity contribution is 0.0615. The first-order chi connectivity index (χ1) is 11.1. The number of H-pyrrole nitrogens is 1. The lowest BCUT2D eigenvalue weighted by Gasteiger charge is -2.44. The highest BCUT2D eigenvalue weighted by molar-refractivity contribution is 5.80. The van der Waals surface area contributed by atoms with Gasteiger partial charge in [0.2, 0.25) is 0 Å². The first-order valence-corrected chi connectivity index (χ1v) is 8.29. The number of cyclic esters (lactones) is 1. The third-order valence-electron chi connectivity index (χ3n) is 5.30. The maximum absolute atomic E-state index is 12.1. The van der Waals surface area contributed by atoms with Gasteiger partial charge in [-0.05, 0) is 62.5 Å². The number of aromatic nitrogens is 1. The van der Waals surface area contributed by atoms with E-state index in [1.54, 1.807) is 0 Å². The van der Waals surface area contributed by atoms with Crippen molar-refractivity contribution >= 4 is 17.0 Å². The lowest BCUT2D eigenvalue weighted by atomic mass is 9.84. The van der Waals surface area contributed by atoms with Crippen LogP contribution in [0.2, 0.25) is 0 Å². The van der Waals surface area contributed by atoms with Gasteiger partial charge in [-0.3, -0.25) is 4.90 Å². The number of carbonyl (C=O) groups is 1. The van der Waals surface area contributed by atoms with Crippen LogP contribution in [0.15, 0.2) is 30.5 Å². The zero-order chi connectivity index (χ0) is 16.0. The third-order valence-corrected chi connectivity index (χ3v) is 5.30. The van der Waals surface area contributed by atoms with Gasteiger partial charge in [0.25, 0.3) is 0 Å². The molecule has 4 rings (SSSR count). The molecule has 23 heavy (non-hydrogen) atoms. The van der Waals surface area contributed by atoms with Gasteiger partial charge in [0, 0.05) is 23.8 Å². The molecule has 2 aliphatic rings. The molecule has 1 aliphatic heterocycles. The van der Waals surface area contributed by atoms with Crippen LogP contribution in [0.4, 0.5) is 4.79 Å². The van der Waals surface area contributed by atoms with Crippen molar-refractivity contribution in [2.24, 2.45) is 0 Å². The minimum atomic E-state index is -0.139. The molecular weight excluding hydrogens is 290 g/mol. The van der Waals surface area contributed by atoms with Crippen LogP contribution in [0.25, 0.3) is 10.9 Å². The van der Waals surface area contributed by atoms with E-state index < -0.39 is 0 Å². The summed E-state index contributed by atoms with van der Waals surface area (Å²) in [5.74, 6) is 0. The fraction of sp³-hybridized carbons (Fsp3) is 0.500. The molecule has 1 aromatic heterocycles. The summed E-state index contributed by atoms with van der Waals surface area (Å²) in [6.07, 6.45) is 4.78. The molecule has 2 aromatic rings. The van der Waals surface area contributed by atoms with Crippen LogP contribution < -0.4 is 0 Å². The van der Waals surface area contributed by atoms with E-state index >= 15 is 0 Å². The van der Waals surface area contributed by atoms with Crippen molar-refractivity contribution in [3.8, 4) is 0 Å². The number of aromatic amines is 1. The van der Waals surface area contributed by atoms with Crippen LogP contribution in [-0.4, -0.2) is 59.7 Å². The van der Waals surface area contributed by atoms with Crippen molar-refractivity contribution in [2.45, 2.75) is 37.4 Å². The van der Waals surface area contributed by atoms with E-state index in [0.29, 0.717) is 18.7 Å². The Balaban J connectivity index is 1.48. The van der Waals surface area contributed by atoms with Crippen LogP contribution in [-0.2, 0) is 11.2 Å². The van der Waals surface area contributed by atoms with E-state index in [0.717, 1.165) is 24.8 Å². The number of fused-ring (bicyclic) bond motifs is 1. The molecular formula is C18H23N3O2. The molecule has 1 N–H and O–H groups in total. The predicted octanol–water partition coefficient (Wildman–Crippen LogP) is 2.62. The van der Waals surface area contributed by atoms with Gasteiger partial charge in [-0.25, -0.2) is 4.79 Å². The fourth-order valence-electron chi connectivity index (χ4n) is 3.79. The largest absolute Gasteiger partial charge is 0.447 e. The van der Waals surface area contributed by atoms with Gasteiger partial charge in [0.05, 0.1) is 6.04 Å². The standard InChI is InChI=1S/C18H23N3O2/c1-20(2)14-9-15(10-14)21-16(11-23-18(21)22)8-12-3-4-17-13(7-12)5-6-19-17/h3-7,14-16,19H,8-11H2,1-2H3. The van der Waals surface area contributed by atoms with Crippen molar-refractivity contribution in [1.29, 1.82) is 0 Å². The fourth-order valence-corrected chi connectivity index (χ4v) is 3.79. The Morgan fingerprint density at radius 1 is 1.30 bits per heavy atom. The Hall–Kier alpha value is -2.01. The van der Waals surface area contributed by atoms with Crippen molar-refractivity contribution in [1.82, 2.24) is 14.8 Å². The number of ether oxygens (including phenoxy) is 1. The highest BCUT2D eigenvalue weighted by Crippen LogP contribution is 2.33. The maximum Gasteiger partial charge on any atom is 0.410 e. The average Bonchev–Trinajstić information content (AvgIpc) is 3.06. The summed E-state index contributed by atoms with van der Waals surface area (Å²) >= 11 is 0. The van der Waals surface area contributed by atoms with E-state index in [1.165, 1.54) is 10.9 Å². The number of hydrogen-bond donors (Lipinski definition) is 1. The summed E-state index contributed by atoms with van der Waals surface area (Å²) < 4.78 is 5.34. The summed E-state index contributed by atoms with van der Waals surface area (Å²) in [6.45, 7) is 0.507. The molecule has 1 aromatic carbocycles. The Kier molecular flexibility index (Phi) is 3.53. The van der Waals surface area contributed by atoms with Crippen LogP contribution >= 0.6 is 0 Å². The van der Waals surface area contributed by atoms with Crippen LogP contribution in [0, 0.1) is 0 Å². The molecule has 2 heterocycles. The molecule has 122 valence electrons. The molecule has 1 amide bonds. The van der Waals surface area contributed by atoms with Gasteiger partial charge < -0.3 is 14.6 Å². The van der Waals surface area contributed by atoms with Gasteiger partial charge in [0.1, 0.15) is 6.61 Å². The Morgan fingerprint density at radius 2 is 2.13 bits per heavy atom. The maximum atomic E-state index is 12.1. The number of carbonyl (C=O) groups excluding carboxylic acids is 1. The number of amides is 1. The second-order valence-corrected chi connectivity index (χ2v) is 6.98. The van der Waals surface area contributed by atoms with Gasteiger partial charge in [-0.2, -0.15) is 0 Å². The molecule has 0 radical (unpaired) electrons. The summed E-state index contributed by atoms with van der Waals surface area (Å²) in [6, 6.07) is 9.62.